The van der Waals surface area contributed by atoms with Crippen LogP contribution in [-0.2, 0) is 6.42 Å². The molecule has 3 heteroatoms. The first kappa shape index (κ1) is 11.2. The second-order valence-electron chi connectivity index (χ2n) is 4.74. The minimum Gasteiger partial charge on any atom is -0.478 e. The minimum atomic E-state index is -0.820. The molecule has 0 aliphatic heterocycles. The highest BCUT2D eigenvalue weighted by molar-refractivity contribution is 7.10. The van der Waals surface area contributed by atoms with Gasteiger partial charge in [-0.3, -0.25) is 0 Å². The molecule has 1 N–H and O–H groups in total. The molecule has 0 aromatic carbocycles. The summed E-state index contributed by atoms with van der Waals surface area (Å²) in [6.45, 7) is 8.37. The first-order chi connectivity index (χ1) is 6.31. The van der Waals surface area contributed by atoms with E-state index in [0.717, 1.165) is 12.0 Å². The molecule has 0 radical (unpaired) electrons. The number of thiophene rings is 1. The van der Waals surface area contributed by atoms with Gasteiger partial charge < -0.3 is 5.11 Å². The normalized spacial score (nSPS) is 11.7. The predicted molar refractivity (Wildman–Crippen MR) is 59.2 cm³/mol. The summed E-state index contributed by atoms with van der Waals surface area (Å²) in [4.78, 5) is 12.0. The topological polar surface area (TPSA) is 37.3 Å². The molecule has 78 valence electrons. The van der Waals surface area contributed by atoms with E-state index < -0.39 is 5.97 Å². The van der Waals surface area contributed by atoms with E-state index in [9.17, 15) is 4.79 Å². The molecule has 14 heavy (non-hydrogen) atoms. The molecule has 1 rings (SSSR count). The SMILES string of the molecule is Cc1c(C(=O)O)csc1CC(C)(C)C. The molecule has 0 spiro atoms. The number of carbonyl (C=O) groups is 1. The fourth-order valence-corrected chi connectivity index (χ4v) is 2.66. The first-order valence-electron chi connectivity index (χ1n) is 4.61. The van der Waals surface area contributed by atoms with Gasteiger partial charge in [-0.15, -0.1) is 11.3 Å². The van der Waals surface area contributed by atoms with Gasteiger partial charge in [-0.05, 0) is 24.3 Å². The van der Waals surface area contributed by atoms with Crippen molar-refractivity contribution in [1.82, 2.24) is 0 Å². The Hall–Kier alpha value is -0.830. The van der Waals surface area contributed by atoms with Crippen LogP contribution in [0.4, 0.5) is 0 Å². The molecule has 0 unspecified atom stereocenters. The van der Waals surface area contributed by atoms with E-state index in [0.29, 0.717) is 5.56 Å². The van der Waals surface area contributed by atoms with Crippen molar-refractivity contribution in [2.24, 2.45) is 5.41 Å². The number of carboxylic acid groups (broad SMARTS) is 1. The molecule has 0 saturated carbocycles. The maximum atomic E-state index is 10.8. The number of carboxylic acids is 1. The van der Waals surface area contributed by atoms with Gasteiger partial charge in [-0.1, -0.05) is 20.8 Å². The molecular formula is C11H16O2S. The summed E-state index contributed by atoms with van der Waals surface area (Å²) < 4.78 is 0. The Bertz CT molecular complexity index is 345. The Kier molecular flexibility index (Phi) is 3.00. The van der Waals surface area contributed by atoms with Crippen molar-refractivity contribution >= 4 is 17.3 Å². The van der Waals surface area contributed by atoms with Crippen molar-refractivity contribution in [3.8, 4) is 0 Å². The van der Waals surface area contributed by atoms with Crippen LogP contribution in [0.5, 0.6) is 0 Å². The Labute approximate surface area is 88.6 Å². The van der Waals surface area contributed by atoms with Crippen LogP contribution in [0, 0.1) is 12.3 Å². The fraction of sp³-hybridized carbons (Fsp3) is 0.545. The van der Waals surface area contributed by atoms with E-state index in [1.165, 1.54) is 4.88 Å². The third kappa shape index (κ3) is 2.58. The van der Waals surface area contributed by atoms with E-state index in [-0.39, 0.29) is 5.41 Å². The monoisotopic (exact) mass is 212 g/mol. The second-order valence-corrected chi connectivity index (χ2v) is 5.70. The maximum absolute atomic E-state index is 10.8. The van der Waals surface area contributed by atoms with Crippen molar-refractivity contribution in [3.63, 3.8) is 0 Å². The highest BCUT2D eigenvalue weighted by Crippen LogP contribution is 2.29. The zero-order valence-corrected chi connectivity index (χ0v) is 9.86. The lowest BCUT2D eigenvalue weighted by atomic mass is 9.90. The third-order valence-electron chi connectivity index (χ3n) is 2.06. The van der Waals surface area contributed by atoms with E-state index in [1.807, 2.05) is 6.92 Å². The van der Waals surface area contributed by atoms with Crippen LogP contribution >= 0.6 is 11.3 Å². The number of hydrogen-bond acceptors (Lipinski definition) is 2. The van der Waals surface area contributed by atoms with Gasteiger partial charge in [0.2, 0.25) is 0 Å². The summed E-state index contributed by atoms with van der Waals surface area (Å²) in [7, 11) is 0. The van der Waals surface area contributed by atoms with Crippen molar-refractivity contribution in [3.05, 3.63) is 21.4 Å². The van der Waals surface area contributed by atoms with E-state index >= 15 is 0 Å². The van der Waals surface area contributed by atoms with Gasteiger partial charge in [0.05, 0.1) is 5.56 Å². The molecule has 0 aliphatic carbocycles. The molecule has 0 amide bonds. The molecule has 0 aliphatic rings. The highest BCUT2D eigenvalue weighted by Gasteiger charge is 2.18. The lowest BCUT2D eigenvalue weighted by Crippen LogP contribution is -2.09. The second kappa shape index (κ2) is 3.73. The van der Waals surface area contributed by atoms with Crippen LogP contribution < -0.4 is 0 Å². The minimum absolute atomic E-state index is 0.214. The van der Waals surface area contributed by atoms with Crippen LogP contribution in [-0.4, -0.2) is 11.1 Å². The van der Waals surface area contributed by atoms with Crippen LogP contribution in [0.1, 0.15) is 41.6 Å². The zero-order chi connectivity index (χ0) is 10.9. The summed E-state index contributed by atoms with van der Waals surface area (Å²) >= 11 is 1.55. The summed E-state index contributed by atoms with van der Waals surface area (Å²) in [5, 5.41) is 10.6. The van der Waals surface area contributed by atoms with E-state index in [4.69, 9.17) is 5.11 Å². The zero-order valence-electron chi connectivity index (χ0n) is 9.05. The third-order valence-corrected chi connectivity index (χ3v) is 3.15. The van der Waals surface area contributed by atoms with Crippen molar-refractivity contribution < 1.29 is 9.90 Å². The predicted octanol–water partition coefficient (Wildman–Crippen LogP) is 3.34. The van der Waals surface area contributed by atoms with Crippen LogP contribution in [0.25, 0.3) is 0 Å². The Morgan fingerprint density at radius 1 is 1.50 bits per heavy atom. The summed E-state index contributed by atoms with van der Waals surface area (Å²) in [5.41, 5.74) is 1.59. The smallest absolute Gasteiger partial charge is 0.336 e. The molecular weight excluding hydrogens is 196 g/mol. The van der Waals surface area contributed by atoms with Crippen molar-refractivity contribution in [2.45, 2.75) is 34.1 Å². The molecule has 0 bridgehead atoms. The lowest BCUT2D eigenvalue weighted by Gasteiger charge is -2.17. The van der Waals surface area contributed by atoms with Crippen LogP contribution in [0.15, 0.2) is 5.38 Å². The Morgan fingerprint density at radius 3 is 2.43 bits per heavy atom. The Morgan fingerprint density at radius 2 is 2.07 bits per heavy atom. The number of rotatable bonds is 2. The van der Waals surface area contributed by atoms with E-state index in [1.54, 1.807) is 16.7 Å². The van der Waals surface area contributed by atoms with Gasteiger partial charge in [0.25, 0.3) is 0 Å². The maximum Gasteiger partial charge on any atom is 0.336 e. The van der Waals surface area contributed by atoms with Crippen molar-refractivity contribution in [2.75, 3.05) is 0 Å². The van der Waals surface area contributed by atoms with E-state index in [2.05, 4.69) is 20.8 Å². The van der Waals surface area contributed by atoms with Gasteiger partial charge in [0.15, 0.2) is 0 Å². The molecule has 0 atom stereocenters. The van der Waals surface area contributed by atoms with Gasteiger partial charge in [-0.2, -0.15) is 0 Å². The van der Waals surface area contributed by atoms with Crippen molar-refractivity contribution in [1.29, 1.82) is 0 Å². The summed E-state index contributed by atoms with van der Waals surface area (Å²) in [6.07, 6.45) is 0.941. The summed E-state index contributed by atoms with van der Waals surface area (Å²) in [5.74, 6) is -0.820. The quantitative estimate of drug-likeness (QED) is 0.816. The largest absolute Gasteiger partial charge is 0.478 e. The molecule has 1 aromatic heterocycles. The summed E-state index contributed by atoms with van der Waals surface area (Å²) in [6, 6.07) is 0. The number of hydrogen-bond donors (Lipinski definition) is 1. The standard InChI is InChI=1S/C11H16O2S/c1-7-8(10(12)13)6-14-9(7)5-11(2,3)4/h6H,5H2,1-4H3,(H,12,13). The average Bonchev–Trinajstić information content (AvgIpc) is 2.29. The van der Waals surface area contributed by atoms with Gasteiger partial charge >= 0.3 is 5.97 Å². The molecule has 1 aromatic rings. The molecule has 1 heterocycles. The fourth-order valence-electron chi connectivity index (χ4n) is 1.32. The van der Waals surface area contributed by atoms with Gasteiger partial charge in [0.1, 0.15) is 0 Å². The average molecular weight is 212 g/mol. The lowest BCUT2D eigenvalue weighted by molar-refractivity contribution is 0.0696. The molecule has 2 nitrogen and oxygen atoms in total. The molecule has 0 saturated heterocycles. The molecule has 0 fully saturated rings. The first-order valence-corrected chi connectivity index (χ1v) is 5.49. The van der Waals surface area contributed by atoms with Crippen LogP contribution in [0.3, 0.4) is 0 Å². The van der Waals surface area contributed by atoms with Gasteiger partial charge in [-0.25, -0.2) is 4.79 Å². The highest BCUT2D eigenvalue weighted by atomic mass is 32.1. The van der Waals surface area contributed by atoms with Crippen LogP contribution in [0.2, 0.25) is 0 Å². The number of aromatic carboxylic acids is 1. The Balaban J connectivity index is 2.96. The van der Waals surface area contributed by atoms with Gasteiger partial charge in [0, 0.05) is 10.3 Å².